The monoisotopic (exact) mass is 247 g/mol. The van der Waals surface area contributed by atoms with Gasteiger partial charge in [0, 0.05) is 19.3 Å². The van der Waals surface area contributed by atoms with E-state index in [9.17, 15) is 8.42 Å². The van der Waals surface area contributed by atoms with Crippen molar-refractivity contribution < 1.29 is 13.0 Å². The van der Waals surface area contributed by atoms with Gasteiger partial charge in [-0.05, 0) is 24.1 Å². The Balaban J connectivity index is 2.66. The highest BCUT2D eigenvalue weighted by Gasteiger charge is 2.22. The number of rotatable bonds is 1. The quantitative estimate of drug-likeness (QED) is 0.766. The van der Waals surface area contributed by atoms with Gasteiger partial charge in [0.2, 0.25) is 0 Å². The lowest BCUT2D eigenvalue weighted by Gasteiger charge is -2.13. The van der Waals surface area contributed by atoms with Gasteiger partial charge >= 0.3 is 0 Å². The molecule has 0 aliphatic carbocycles. The largest absolute Gasteiger partial charge is 0.374 e. The van der Waals surface area contributed by atoms with Crippen LogP contribution in [0.2, 0.25) is 5.02 Å². The Labute approximate surface area is 93.2 Å². The normalized spacial score (nSPS) is 15.5. The molecule has 4 nitrogen and oxygen atoms in total. The first-order chi connectivity index (χ1) is 6.89. The first-order valence-corrected chi connectivity index (χ1v) is 6.22. The summed E-state index contributed by atoms with van der Waals surface area (Å²) in [5.74, 6) is 0. The topological polar surface area (TPSA) is 57.6 Å². The van der Waals surface area contributed by atoms with Gasteiger partial charge in [-0.25, -0.2) is 0 Å². The fourth-order valence-corrected chi connectivity index (χ4v) is 2.79. The molecule has 0 aromatic heterocycles. The maximum atomic E-state index is 11.0. The van der Waals surface area contributed by atoms with Crippen LogP contribution in [0.25, 0.3) is 0 Å². The third-order valence-corrected chi connectivity index (χ3v) is 3.86. The summed E-state index contributed by atoms with van der Waals surface area (Å²) in [5, 5.41) is 0.0755. The second kappa shape index (κ2) is 3.37. The number of likely N-dealkylation sites (N-methyl/N-ethyl adjacent to an activating group) is 1. The zero-order valence-electron chi connectivity index (χ0n) is 8.07. The molecule has 1 aromatic carbocycles. The molecule has 6 heteroatoms. The van der Waals surface area contributed by atoms with Crippen LogP contribution in [0.4, 0.5) is 5.69 Å². The molecular formula is C9H10ClNO3S. The number of anilines is 1. The molecule has 0 fully saturated rings. The van der Waals surface area contributed by atoms with Gasteiger partial charge in [0.05, 0.1) is 5.02 Å². The summed E-state index contributed by atoms with van der Waals surface area (Å²) in [6, 6.07) is 3.02. The van der Waals surface area contributed by atoms with Crippen LogP contribution >= 0.6 is 11.6 Å². The van der Waals surface area contributed by atoms with E-state index in [1.165, 1.54) is 6.07 Å². The summed E-state index contributed by atoms with van der Waals surface area (Å²) in [6.07, 6.45) is 0.845. The van der Waals surface area contributed by atoms with E-state index < -0.39 is 10.1 Å². The van der Waals surface area contributed by atoms with E-state index in [1.807, 2.05) is 11.9 Å². The van der Waals surface area contributed by atoms with Crippen molar-refractivity contribution in [2.75, 3.05) is 18.5 Å². The molecule has 0 saturated heterocycles. The average Bonchev–Trinajstić information content (AvgIpc) is 2.44. The highest BCUT2D eigenvalue weighted by atomic mass is 35.5. The predicted molar refractivity (Wildman–Crippen MR) is 58.2 cm³/mol. The smallest absolute Gasteiger partial charge is 0.296 e. The van der Waals surface area contributed by atoms with Gasteiger partial charge in [-0.3, -0.25) is 4.55 Å². The molecule has 0 atom stereocenters. The summed E-state index contributed by atoms with van der Waals surface area (Å²) < 4.78 is 31.0. The number of hydrogen-bond donors (Lipinski definition) is 1. The Morgan fingerprint density at radius 3 is 2.73 bits per heavy atom. The maximum Gasteiger partial charge on any atom is 0.296 e. The van der Waals surface area contributed by atoms with Crippen molar-refractivity contribution >= 4 is 27.4 Å². The molecule has 1 N–H and O–H groups in total. The van der Waals surface area contributed by atoms with Crippen LogP contribution in [0.1, 0.15) is 5.56 Å². The van der Waals surface area contributed by atoms with Gasteiger partial charge < -0.3 is 4.90 Å². The number of benzene rings is 1. The molecule has 0 spiro atoms. The number of fused-ring (bicyclic) bond motifs is 1. The number of hydrogen-bond acceptors (Lipinski definition) is 3. The Morgan fingerprint density at radius 2 is 2.13 bits per heavy atom. The van der Waals surface area contributed by atoms with Crippen LogP contribution < -0.4 is 4.90 Å². The highest BCUT2D eigenvalue weighted by molar-refractivity contribution is 7.86. The number of halogens is 1. The van der Waals surface area contributed by atoms with E-state index in [1.54, 1.807) is 6.07 Å². The van der Waals surface area contributed by atoms with Crippen molar-refractivity contribution in [2.24, 2.45) is 0 Å². The summed E-state index contributed by atoms with van der Waals surface area (Å²) in [7, 11) is -2.37. The summed E-state index contributed by atoms with van der Waals surface area (Å²) in [4.78, 5) is 1.71. The van der Waals surface area contributed by atoms with Crippen molar-refractivity contribution in [2.45, 2.75) is 11.3 Å². The molecule has 1 aliphatic rings. The minimum atomic E-state index is -4.24. The second-order valence-electron chi connectivity index (χ2n) is 3.56. The number of nitrogens with zero attached hydrogens (tertiary/aromatic N) is 1. The molecular weight excluding hydrogens is 238 g/mol. The van der Waals surface area contributed by atoms with Crippen LogP contribution in [-0.2, 0) is 16.5 Å². The van der Waals surface area contributed by atoms with Crippen LogP contribution in [0.5, 0.6) is 0 Å². The lowest BCUT2D eigenvalue weighted by atomic mass is 10.2. The molecule has 1 heterocycles. The molecule has 0 radical (unpaired) electrons. The minimum Gasteiger partial charge on any atom is -0.374 e. The minimum absolute atomic E-state index is 0.0755. The van der Waals surface area contributed by atoms with Crippen molar-refractivity contribution in [3.05, 3.63) is 22.7 Å². The van der Waals surface area contributed by atoms with Crippen molar-refractivity contribution in [1.29, 1.82) is 0 Å². The van der Waals surface area contributed by atoms with E-state index in [4.69, 9.17) is 16.2 Å². The zero-order valence-corrected chi connectivity index (χ0v) is 9.64. The molecule has 2 rings (SSSR count). The van der Waals surface area contributed by atoms with Gasteiger partial charge in [0.15, 0.2) is 0 Å². The predicted octanol–water partition coefficient (Wildman–Crippen LogP) is 1.58. The Morgan fingerprint density at radius 1 is 1.47 bits per heavy atom. The van der Waals surface area contributed by atoms with Gasteiger partial charge in [0.25, 0.3) is 10.1 Å². The molecule has 0 bridgehead atoms. The van der Waals surface area contributed by atoms with Gasteiger partial charge in [0.1, 0.15) is 4.90 Å². The van der Waals surface area contributed by atoms with Gasteiger partial charge in [-0.2, -0.15) is 8.42 Å². The van der Waals surface area contributed by atoms with Gasteiger partial charge in [-0.1, -0.05) is 11.6 Å². The van der Waals surface area contributed by atoms with E-state index in [-0.39, 0.29) is 9.92 Å². The maximum absolute atomic E-state index is 11.0. The first-order valence-electron chi connectivity index (χ1n) is 4.40. The molecule has 0 unspecified atom stereocenters. The molecule has 15 heavy (non-hydrogen) atoms. The van der Waals surface area contributed by atoms with E-state index >= 15 is 0 Å². The lowest BCUT2D eigenvalue weighted by molar-refractivity contribution is 0.483. The molecule has 82 valence electrons. The fraction of sp³-hybridized carbons (Fsp3) is 0.333. The van der Waals surface area contributed by atoms with Gasteiger partial charge in [-0.15, -0.1) is 0 Å². The third kappa shape index (κ3) is 1.82. The molecule has 0 amide bonds. The average molecular weight is 248 g/mol. The van der Waals surface area contributed by atoms with Crippen molar-refractivity contribution in [3.8, 4) is 0 Å². The Kier molecular flexibility index (Phi) is 2.41. The Hall–Kier alpha value is -0.780. The molecule has 1 aliphatic heterocycles. The summed E-state index contributed by atoms with van der Waals surface area (Å²) in [6.45, 7) is 0.834. The van der Waals surface area contributed by atoms with Crippen LogP contribution in [0.3, 0.4) is 0 Å². The highest BCUT2D eigenvalue weighted by Crippen LogP contribution is 2.34. The summed E-state index contributed by atoms with van der Waals surface area (Å²) >= 11 is 5.78. The lowest BCUT2D eigenvalue weighted by Crippen LogP contribution is -2.13. The third-order valence-electron chi connectivity index (χ3n) is 2.54. The zero-order chi connectivity index (χ0) is 11.2. The molecule has 1 aromatic rings. The van der Waals surface area contributed by atoms with Crippen molar-refractivity contribution in [1.82, 2.24) is 0 Å². The fourth-order valence-electron chi connectivity index (χ4n) is 1.75. The first kappa shape index (κ1) is 10.7. The van der Waals surface area contributed by atoms with E-state index in [2.05, 4.69) is 0 Å². The summed E-state index contributed by atoms with van der Waals surface area (Å²) in [5.41, 5.74) is 1.82. The van der Waals surface area contributed by atoms with E-state index in [0.29, 0.717) is 0 Å². The molecule has 0 saturated carbocycles. The van der Waals surface area contributed by atoms with Crippen molar-refractivity contribution in [3.63, 3.8) is 0 Å². The van der Waals surface area contributed by atoms with Crippen LogP contribution in [0, 0.1) is 0 Å². The van der Waals surface area contributed by atoms with Crippen LogP contribution in [0.15, 0.2) is 17.0 Å². The van der Waals surface area contributed by atoms with E-state index in [0.717, 1.165) is 24.2 Å². The van der Waals surface area contributed by atoms with Crippen LogP contribution in [-0.4, -0.2) is 26.6 Å². The SMILES string of the molecule is CN1CCc2cc(Cl)c(S(=O)(=O)O)cc21. The standard InChI is InChI=1S/C9H10ClNO3S/c1-11-3-2-6-4-7(10)9(5-8(6)11)15(12,13)14/h4-5H,2-3H2,1H3,(H,12,13,14). The second-order valence-corrected chi connectivity index (χ2v) is 5.36. The Bertz CT molecular complexity index is 512.